The number of rotatable bonds is 5. The summed E-state index contributed by atoms with van der Waals surface area (Å²) in [4.78, 5) is 4.46. The summed E-state index contributed by atoms with van der Waals surface area (Å²) in [5.41, 5.74) is 2.44. The number of hydrogen-bond donors (Lipinski definition) is 0. The Kier molecular flexibility index (Phi) is 6.69. The molecular formula is C24H22Cl2F2N2. The van der Waals surface area contributed by atoms with Gasteiger partial charge in [-0.15, -0.1) is 0 Å². The molecular weight excluding hydrogens is 425 g/mol. The van der Waals surface area contributed by atoms with Crippen molar-refractivity contribution in [1.29, 1.82) is 0 Å². The van der Waals surface area contributed by atoms with E-state index < -0.39 is 0 Å². The predicted molar refractivity (Wildman–Crippen MR) is 117 cm³/mol. The van der Waals surface area contributed by atoms with Gasteiger partial charge in [0.25, 0.3) is 0 Å². The number of nitrogens with zero attached hydrogens (tertiary/aromatic N) is 2. The van der Waals surface area contributed by atoms with Crippen LogP contribution in [0.15, 0.2) is 66.7 Å². The maximum Gasteiger partial charge on any atom is 0.127 e. The van der Waals surface area contributed by atoms with Crippen LogP contribution >= 0.6 is 23.2 Å². The summed E-state index contributed by atoms with van der Waals surface area (Å²) >= 11 is 12.9. The molecule has 1 atom stereocenters. The molecule has 1 saturated heterocycles. The molecule has 4 rings (SSSR count). The molecule has 1 aliphatic heterocycles. The minimum absolute atomic E-state index is 0.220. The molecule has 3 aromatic carbocycles. The van der Waals surface area contributed by atoms with Gasteiger partial charge in [0.05, 0.1) is 6.17 Å². The van der Waals surface area contributed by atoms with Gasteiger partial charge in [-0.1, -0.05) is 65.7 Å². The van der Waals surface area contributed by atoms with Crippen molar-refractivity contribution in [2.24, 2.45) is 0 Å². The smallest absolute Gasteiger partial charge is 0.127 e. The first kappa shape index (κ1) is 21.3. The molecule has 30 heavy (non-hydrogen) atoms. The van der Waals surface area contributed by atoms with Crippen molar-refractivity contribution in [2.45, 2.75) is 25.7 Å². The van der Waals surface area contributed by atoms with E-state index in [0.717, 1.165) is 30.6 Å². The van der Waals surface area contributed by atoms with Gasteiger partial charge in [-0.2, -0.15) is 0 Å². The highest BCUT2D eigenvalue weighted by atomic mass is 35.5. The van der Waals surface area contributed by atoms with Crippen LogP contribution in [0.25, 0.3) is 0 Å². The molecule has 1 heterocycles. The van der Waals surface area contributed by atoms with Gasteiger partial charge in [0.1, 0.15) is 11.6 Å². The van der Waals surface area contributed by atoms with Crippen molar-refractivity contribution in [3.63, 3.8) is 0 Å². The largest absolute Gasteiger partial charge is 0.280 e. The molecule has 0 saturated carbocycles. The summed E-state index contributed by atoms with van der Waals surface area (Å²) in [6, 6.07) is 19.0. The van der Waals surface area contributed by atoms with E-state index in [1.54, 1.807) is 18.2 Å². The van der Waals surface area contributed by atoms with Crippen LogP contribution in [0, 0.1) is 11.6 Å². The average Bonchev–Trinajstić information content (AvgIpc) is 2.72. The van der Waals surface area contributed by atoms with Crippen LogP contribution in [0.4, 0.5) is 8.78 Å². The van der Waals surface area contributed by atoms with Crippen molar-refractivity contribution in [3.8, 4) is 0 Å². The maximum absolute atomic E-state index is 14.4. The zero-order chi connectivity index (χ0) is 21.1. The van der Waals surface area contributed by atoms with Gasteiger partial charge in [0.2, 0.25) is 0 Å². The van der Waals surface area contributed by atoms with Crippen molar-refractivity contribution in [1.82, 2.24) is 9.80 Å². The van der Waals surface area contributed by atoms with Gasteiger partial charge in [-0.3, -0.25) is 9.80 Å². The van der Waals surface area contributed by atoms with E-state index in [9.17, 15) is 8.78 Å². The Morgan fingerprint density at radius 1 is 0.767 bits per heavy atom. The second kappa shape index (κ2) is 9.44. The van der Waals surface area contributed by atoms with Crippen molar-refractivity contribution < 1.29 is 8.78 Å². The lowest BCUT2D eigenvalue weighted by molar-refractivity contribution is -0.00960. The van der Waals surface area contributed by atoms with E-state index in [2.05, 4.69) is 9.80 Å². The summed E-state index contributed by atoms with van der Waals surface area (Å²) in [7, 11) is 0. The van der Waals surface area contributed by atoms with E-state index >= 15 is 0 Å². The first-order valence-corrected chi connectivity index (χ1v) is 10.7. The van der Waals surface area contributed by atoms with E-state index in [1.165, 1.54) is 18.2 Å². The van der Waals surface area contributed by atoms with Crippen molar-refractivity contribution >= 4 is 23.2 Å². The molecule has 0 aliphatic carbocycles. The zero-order valence-corrected chi connectivity index (χ0v) is 17.9. The molecule has 2 nitrogen and oxygen atoms in total. The highest BCUT2D eigenvalue weighted by molar-refractivity contribution is 6.31. The highest BCUT2D eigenvalue weighted by Gasteiger charge is 2.33. The molecule has 0 aromatic heterocycles. The summed E-state index contributed by atoms with van der Waals surface area (Å²) in [5, 5.41) is 1.07. The quantitative estimate of drug-likeness (QED) is 0.431. The summed E-state index contributed by atoms with van der Waals surface area (Å²) in [6.07, 6.45) is 0.705. The van der Waals surface area contributed by atoms with Crippen LogP contribution in [0.1, 0.15) is 29.3 Å². The third-order valence-corrected chi connectivity index (χ3v) is 6.18. The standard InChI is InChI=1S/C24H22Cl2F2N2/c25-21-8-3-1-6-17(21)15-29-12-5-13-30(16-18-7-2-4-9-23(18)28)24(29)20-11-10-19(27)14-22(20)26/h1-4,6-11,14,24H,5,12-13,15-16H2/t24-/m1/s1. The topological polar surface area (TPSA) is 6.48 Å². The van der Waals surface area contributed by atoms with E-state index in [1.807, 2.05) is 30.3 Å². The Morgan fingerprint density at radius 2 is 1.40 bits per heavy atom. The molecule has 3 aromatic rings. The van der Waals surface area contributed by atoms with Crippen LogP contribution < -0.4 is 0 Å². The van der Waals surface area contributed by atoms with Gasteiger partial charge in [0.15, 0.2) is 0 Å². The fourth-order valence-electron chi connectivity index (χ4n) is 4.08. The average molecular weight is 447 g/mol. The van der Waals surface area contributed by atoms with Crippen LogP contribution in [0.5, 0.6) is 0 Å². The minimum Gasteiger partial charge on any atom is -0.280 e. The number of hydrogen-bond acceptors (Lipinski definition) is 2. The molecule has 156 valence electrons. The minimum atomic E-state index is -0.377. The fourth-order valence-corrected chi connectivity index (χ4v) is 4.54. The molecule has 0 radical (unpaired) electrons. The molecule has 0 unspecified atom stereocenters. The second-order valence-corrected chi connectivity index (χ2v) is 8.33. The molecule has 1 fully saturated rings. The van der Waals surface area contributed by atoms with E-state index in [-0.39, 0.29) is 17.8 Å². The molecule has 0 amide bonds. The lowest BCUT2D eigenvalue weighted by atomic mass is 10.0. The molecule has 6 heteroatoms. The summed E-state index contributed by atoms with van der Waals surface area (Å²) < 4.78 is 28.1. The second-order valence-electron chi connectivity index (χ2n) is 7.52. The van der Waals surface area contributed by atoms with Gasteiger partial charge >= 0.3 is 0 Å². The van der Waals surface area contributed by atoms with Gasteiger partial charge < -0.3 is 0 Å². The first-order chi connectivity index (χ1) is 14.5. The van der Waals surface area contributed by atoms with Crippen LogP contribution in [-0.2, 0) is 13.1 Å². The van der Waals surface area contributed by atoms with E-state index in [0.29, 0.717) is 28.7 Å². The molecule has 1 aliphatic rings. The molecule has 0 bridgehead atoms. The SMILES string of the molecule is Fc1ccc([C@H]2N(Cc3ccccc3F)CCCN2Cc2ccccc2Cl)c(Cl)c1. The van der Waals surface area contributed by atoms with Gasteiger partial charge in [0, 0.05) is 47.4 Å². The van der Waals surface area contributed by atoms with E-state index in [4.69, 9.17) is 23.2 Å². The van der Waals surface area contributed by atoms with Crippen LogP contribution in [0.2, 0.25) is 10.0 Å². The Morgan fingerprint density at radius 3 is 2.07 bits per heavy atom. The Labute approximate surface area is 185 Å². The van der Waals surface area contributed by atoms with Gasteiger partial charge in [-0.05, 0) is 36.2 Å². The normalized spacial score (nSPS) is 17.9. The maximum atomic E-state index is 14.4. The first-order valence-electron chi connectivity index (χ1n) is 9.93. The predicted octanol–water partition coefficient (Wildman–Crippen LogP) is 6.68. The third-order valence-electron chi connectivity index (χ3n) is 5.49. The Bertz CT molecular complexity index is 972. The lowest BCUT2D eigenvalue weighted by Crippen LogP contribution is -2.47. The Hall–Kier alpha value is -1.98. The molecule has 0 spiro atoms. The lowest BCUT2D eigenvalue weighted by Gasteiger charge is -2.44. The zero-order valence-electron chi connectivity index (χ0n) is 16.4. The van der Waals surface area contributed by atoms with Crippen LogP contribution in [0.3, 0.4) is 0 Å². The summed E-state index contributed by atoms with van der Waals surface area (Å²) in [5.74, 6) is -0.609. The Balaban J connectivity index is 1.71. The fraction of sp³-hybridized carbons (Fsp3) is 0.250. The monoisotopic (exact) mass is 446 g/mol. The number of benzene rings is 3. The number of halogens is 4. The molecule has 0 N–H and O–H groups in total. The van der Waals surface area contributed by atoms with Crippen molar-refractivity contribution in [3.05, 3.63) is 105 Å². The third kappa shape index (κ3) is 4.68. The summed E-state index contributed by atoms with van der Waals surface area (Å²) in [6.45, 7) is 2.67. The van der Waals surface area contributed by atoms with Gasteiger partial charge in [-0.25, -0.2) is 8.78 Å². The van der Waals surface area contributed by atoms with Crippen LogP contribution in [-0.4, -0.2) is 22.9 Å². The highest BCUT2D eigenvalue weighted by Crippen LogP contribution is 2.36. The van der Waals surface area contributed by atoms with Crippen molar-refractivity contribution in [2.75, 3.05) is 13.1 Å².